The van der Waals surface area contributed by atoms with Crippen molar-refractivity contribution in [1.29, 1.82) is 0 Å². The highest BCUT2D eigenvalue weighted by atomic mass is 32.1. The number of hydrogen-bond donors (Lipinski definition) is 1. The Morgan fingerprint density at radius 1 is 1.22 bits per heavy atom. The number of ether oxygens (including phenoxy) is 3. The first-order chi connectivity index (χ1) is 13.2. The largest absolute Gasteiger partial charge is 0.493 e. The number of terminal acetylenes is 2. The topological polar surface area (TPSA) is 56.8 Å². The van der Waals surface area contributed by atoms with Gasteiger partial charge in [-0.3, -0.25) is 4.79 Å². The van der Waals surface area contributed by atoms with E-state index < -0.39 is 6.10 Å². The summed E-state index contributed by atoms with van der Waals surface area (Å²) in [4.78, 5) is 13.3. The maximum Gasteiger partial charge on any atom is 0.254 e. The zero-order valence-corrected chi connectivity index (χ0v) is 15.9. The number of hydrogen-bond acceptors (Lipinski definition) is 5. The number of benzene rings is 1. The zero-order valence-electron chi connectivity index (χ0n) is 15.1. The van der Waals surface area contributed by atoms with Crippen LogP contribution < -0.4 is 14.8 Å². The number of thiophene rings is 1. The predicted molar refractivity (Wildman–Crippen MR) is 106 cm³/mol. The van der Waals surface area contributed by atoms with Gasteiger partial charge in [0.1, 0.15) is 13.2 Å². The molecule has 0 aliphatic rings. The molecule has 1 N–H and O–H groups in total. The van der Waals surface area contributed by atoms with Crippen molar-refractivity contribution in [2.24, 2.45) is 0 Å². The molecule has 140 valence electrons. The lowest BCUT2D eigenvalue weighted by molar-refractivity contribution is -0.132. The summed E-state index contributed by atoms with van der Waals surface area (Å²) in [5.41, 5.74) is 0.998. The van der Waals surface area contributed by atoms with Crippen LogP contribution in [0, 0.1) is 24.7 Å². The Hall–Kier alpha value is -2.93. The molecule has 1 aromatic carbocycles. The van der Waals surface area contributed by atoms with Gasteiger partial charge in [-0.2, -0.15) is 0 Å². The van der Waals surface area contributed by atoms with Crippen LogP contribution in [-0.4, -0.2) is 32.8 Å². The molecule has 2 rings (SSSR count). The molecule has 5 nitrogen and oxygen atoms in total. The Kier molecular flexibility index (Phi) is 8.25. The van der Waals surface area contributed by atoms with E-state index in [9.17, 15) is 4.79 Å². The Bertz CT molecular complexity index is 818. The van der Waals surface area contributed by atoms with E-state index in [-0.39, 0.29) is 19.1 Å². The van der Waals surface area contributed by atoms with E-state index in [4.69, 9.17) is 27.1 Å². The maximum atomic E-state index is 12.5. The minimum absolute atomic E-state index is 0.0757. The van der Waals surface area contributed by atoms with Gasteiger partial charge in [0.2, 0.25) is 0 Å². The van der Waals surface area contributed by atoms with Crippen LogP contribution in [0.5, 0.6) is 11.5 Å². The van der Waals surface area contributed by atoms with Crippen molar-refractivity contribution in [3.63, 3.8) is 0 Å². The fourth-order valence-electron chi connectivity index (χ4n) is 2.39. The predicted octanol–water partition coefficient (Wildman–Crippen LogP) is 2.82. The van der Waals surface area contributed by atoms with E-state index in [1.807, 2.05) is 29.6 Å². The van der Waals surface area contributed by atoms with Crippen LogP contribution in [0.4, 0.5) is 0 Å². The standard InChI is InChI=1S/C21H21NO4S/c1-4-12-25-17-9-8-16(15-18(17)24-3)10-11-22-21(23)20(26-13-5-2)19-7-6-14-27-19/h1-2,6-9,14-15,20H,10-13H2,3H3,(H,22,23). The molecular formula is C21H21NO4S. The van der Waals surface area contributed by atoms with Gasteiger partial charge in [-0.15, -0.1) is 24.2 Å². The summed E-state index contributed by atoms with van der Waals surface area (Å²) in [5, 5.41) is 4.78. The molecule has 1 atom stereocenters. The van der Waals surface area contributed by atoms with Crippen molar-refractivity contribution in [2.45, 2.75) is 12.5 Å². The first kappa shape index (κ1) is 20.4. The van der Waals surface area contributed by atoms with Crippen LogP contribution >= 0.6 is 11.3 Å². The van der Waals surface area contributed by atoms with Crippen molar-refractivity contribution in [3.05, 3.63) is 46.2 Å². The normalized spacial score (nSPS) is 11.1. The molecular weight excluding hydrogens is 362 g/mol. The third-order valence-corrected chi connectivity index (χ3v) is 4.54. The smallest absolute Gasteiger partial charge is 0.254 e. The zero-order chi connectivity index (χ0) is 19.5. The minimum Gasteiger partial charge on any atom is -0.493 e. The molecule has 0 saturated carbocycles. The molecule has 0 bridgehead atoms. The molecule has 2 aromatic rings. The Morgan fingerprint density at radius 2 is 2.04 bits per heavy atom. The molecule has 1 aromatic heterocycles. The number of carbonyl (C=O) groups is 1. The highest BCUT2D eigenvalue weighted by Gasteiger charge is 2.21. The number of amides is 1. The molecule has 1 unspecified atom stereocenters. The highest BCUT2D eigenvalue weighted by Crippen LogP contribution is 2.28. The molecule has 0 aliphatic carbocycles. The van der Waals surface area contributed by atoms with Gasteiger partial charge in [-0.1, -0.05) is 24.0 Å². The van der Waals surface area contributed by atoms with Gasteiger partial charge in [-0.05, 0) is 35.6 Å². The van der Waals surface area contributed by atoms with Crippen molar-refractivity contribution in [2.75, 3.05) is 26.9 Å². The van der Waals surface area contributed by atoms with Gasteiger partial charge in [0.25, 0.3) is 5.91 Å². The molecule has 0 aliphatic heterocycles. The van der Waals surface area contributed by atoms with Crippen LogP contribution in [0.1, 0.15) is 16.5 Å². The van der Waals surface area contributed by atoms with E-state index in [2.05, 4.69) is 17.2 Å². The highest BCUT2D eigenvalue weighted by molar-refractivity contribution is 7.10. The van der Waals surface area contributed by atoms with Crippen LogP contribution in [0.3, 0.4) is 0 Å². The molecule has 27 heavy (non-hydrogen) atoms. The Morgan fingerprint density at radius 3 is 2.70 bits per heavy atom. The van der Waals surface area contributed by atoms with Crippen molar-refractivity contribution < 1.29 is 19.0 Å². The summed E-state index contributed by atoms with van der Waals surface area (Å²) in [6, 6.07) is 9.30. The summed E-state index contributed by atoms with van der Waals surface area (Å²) >= 11 is 1.45. The minimum atomic E-state index is -0.699. The number of rotatable bonds is 10. The van der Waals surface area contributed by atoms with Crippen LogP contribution in [0.25, 0.3) is 0 Å². The van der Waals surface area contributed by atoms with Crippen LogP contribution in [0.2, 0.25) is 0 Å². The summed E-state index contributed by atoms with van der Waals surface area (Å²) in [6.45, 7) is 0.702. The molecule has 0 fully saturated rings. The van der Waals surface area contributed by atoms with E-state index in [0.717, 1.165) is 10.4 Å². The van der Waals surface area contributed by atoms with E-state index in [1.54, 1.807) is 13.2 Å². The molecule has 0 radical (unpaired) electrons. The average molecular weight is 383 g/mol. The molecule has 0 saturated heterocycles. The fourth-order valence-corrected chi connectivity index (χ4v) is 3.16. The molecule has 6 heteroatoms. The third kappa shape index (κ3) is 6.07. The lowest BCUT2D eigenvalue weighted by Crippen LogP contribution is -2.32. The SMILES string of the molecule is C#CCOc1ccc(CCNC(=O)C(OCC#C)c2cccs2)cc1OC. The summed E-state index contributed by atoms with van der Waals surface area (Å²) in [6.07, 6.45) is 10.4. The van der Waals surface area contributed by atoms with Crippen molar-refractivity contribution in [3.8, 4) is 36.2 Å². The van der Waals surface area contributed by atoms with Crippen LogP contribution in [-0.2, 0) is 16.0 Å². The fraction of sp³-hybridized carbons (Fsp3) is 0.286. The van der Waals surface area contributed by atoms with E-state index >= 15 is 0 Å². The first-order valence-electron chi connectivity index (χ1n) is 8.29. The molecule has 1 amide bonds. The number of nitrogens with one attached hydrogen (secondary N) is 1. The average Bonchev–Trinajstić information content (AvgIpc) is 3.21. The Labute approximate surface area is 163 Å². The first-order valence-corrected chi connectivity index (χ1v) is 9.17. The van der Waals surface area contributed by atoms with Crippen LogP contribution in [0.15, 0.2) is 35.7 Å². The number of methoxy groups -OCH3 is 1. The van der Waals surface area contributed by atoms with Crippen molar-refractivity contribution in [1.82, 2.24) is 5.32 Å². The third-order valence-electron chi connectivity index (χ3n) is 3.63. The van der Waals surface area contributed by atoms with Gasteiger partial charge < -0.3 is 19.5 Å². The maximum absolute atomic E-state index is 12.5. The summed E-state index contributed by atoms with van der Waals surface area (Å²) in [7, 11) is 1.57. The van der Waals surface area contributed by atoms with Gasteiger partial charge in [0, 0.05) is 11.4 Å². The lowest BCUT2D eigenvalue weighted by atomic mass is 10.1. The molecule has 1 heterocycles. The number of carbonyl (C=O) groups excluding carboxylic acids is 1. The van der Waals surface area contributed by atoms with Gasteiger partial charge in [0.05, 0.1) is 7.11 Å². The van der Waals surface area contributed by atoms with E-state index in [0.29, 0.717) is 24.5 Å². The second kappa shape index (κ2) is 10.9. The van der Waals surface area contributed by atoms with Crippen molar-refractivity contribution >= 4 is 17.2 Å². The second-order valence-corrected chi connectivity index (χ2v) is 6.41. The lowest BCUT2D eigenvalue weighted by Gasteiger charge is -2.15. The van der Waals surface area contributed by atoms with E-state index in [1.165, 1.54) is 11.3 Å². The monoisotopic (exact) mass is 383 g/mol. The summed E-state index contributed by atoms with van der Waals surface area (Å²) in [5.74, 6) is 5.78. The quantitative estimate of drug-likeness (QED) is 0.641. The van der Waals surface area contributed by atoms with Gasteiger partial charge in [-0.25, -0.2) is 0 Å². The van der Waals surface area contributed by atoms with Gasteiger partial charge in [0.15, 0.2) is 17.6 Å². The summed E-state index contributed by atoms with van der Waals surface area (Å²) < 4.78 is 16.2. The Balaban J connectivity index is 1.93. The second-order valence-electron chi connectivity index (χ2n) is 5.43. The van der Waals surface area contributed by atoms with Gasteiger partial charge >= 0.3 is 0 Å². The molecule has 0 spiro atoms.